The number of nitrogens with zero attached hydrogens (tertiary/aromatic N) is 1. The lowest BCUT2D eigenvalue weighted by molar-refractivity contribution is 0.0858. The normalized spacial score (nSPS) is 17.1. The van der Waals surface area contributed by atoms with Gasteiger partial charge in [-0.1, -0.05) is 0 Å². The highest BCUT2D eigenvalue weighted by Crippen LogP contribution is 2.39. The van der Waals surface area contributed by atoms with Crippen LogP contribution < -0.4 is 10.6 Å². The molecule has 1 saturated heterocycles. The predicted molar refractivity (Wildman–Crippen MR) is 131 cm³/mol. The quantitative estimate of drug-likeness (QED) is 0.424. The molecular weight excluding hydrogens is 452 g/mol. The van der Waals surface area contributed by atoms with Crippen LogP contribution in [0, 0.1) is 13.8 Å². The molecule has 178 valence electrons. The molecule has 1 unspecified atom stereocenters. The van der Waals surface area contributed by atoms with Gasteiger partial charge in [-0.05, 0) is 80.8 Å². The first-order valence-corrected chi connectivity index (χ1v) is 12.4. The predicted octanol–water partition coefficient (Wildman–Crippen LogP) is 4.11. The molecule has 0 saturated carbocycles. The number of aromatic amines is 1. The molecule has 0 radical (unpaired) electrons. The van der Waals surface area contributed by atoms with E-state index in [-0.39, 0.29) is 29.4 Å². The van der Waals surface area contributed by atoms with Gasteiger partial charge in [0.25, 0.3) is 11.8 Å². The number of phenolic OH excluding ortho intramolecular Hbond substituents is 1. The van der Waals surface area contributed by atoms with Crippen molar-refractivity contribution in [3.8, 4) is 17.0 Å². The number of fused-ring (bicyclic) bond motifs is 1. The SMILES string of the molecule is Cc1cc(O)c(-c2cc(C(=O)Nc3sc4c(c3C(=O)NCC3CCCO3)CCC4)[nH]n2)cc1C. The molecule has 0 spiro atoms. The summed E-state index contributed by atoms with van der Waals surface area (Å²) in [5, 5.41) is 23.8. The minimum atomic E-state index is -0.379. The number of hydrogen-bond acceptors (Lipinski definition) is 6. The van der Waals surface area contributed by atoms with E-state index in [9.17, 15) is 14.7 Å². The van der Waals surface area contributed by atoms with E-state index in [0.717, 1.165) is 60.3 Å². The third kappa shape index (κ3) is 4.33. The van der Waals surface area contributed by atoms with Gasteiger partial charge in [0.05, 0.1) is 17.4 Å². The van der Waals surface area contributed by atoms with Crippen molar-refractivity contribution in [1.82, 2.24) is 15.5 Å². The Morgan fingerprint density at radius 3 is 2.79 bits per heavy atom. The summed E-state index contributed by atoms with van der Waals surface area (Å²) in [6.45, 7) is 5.09. The van der Waals surface area contributed by atoms with Gasteiger partial charge in [0, 0.05) is 23.6 Å². The van der Waals surface area contributed by atoms with Crippen LogP contribution in [0.3, 0.4) is 0 Å². The van der Waals surface area contributed by atoms with Crippen LogP contribution in [0.15, 0.2) is 18.2 Å². The number of amides is 2. The Labute approximate surface area is 201 Å². The number of anilines is 1. The Balaban J connectivity index is 1.35. The molecule has 34 heavy (non-hydrogen) atoms. The van der Waals surface area contributed by atoms with Crippen molar-refractivity contribution in [2.75, 3.05) is 18.5 Å². The highest BCUT2D eigenvalue weighted by molar-refractivity contribution is 7.17. The molecular formula is C25H28N4O4S. The number of hydrogen-bond donors (Lipinski definition) is 4. The molecule has 2 amide bonds. The molecule has 4 N–H and O–H groups in total. The molecule has 1 fully saturated rings. The second kappa shape index (κ2) is 9.23. The van der Waals surface area contributed by atoms with Crippen molar-refractivity contribution in [1.29, 1.82) is 0 Å². The first kappa shape index (κ1) is 22.6. The van der Waals surface area contributed by atoms with Crippen molar-refractivity contribution < 1.29 is 19.4 Å². The fourth-order valence-electron chi connectivity index (χ4n) is 4.59. The van der Waals surface area contributed by atoms with Gasteiger partial charge < -0.3 is 20.5 Å². The number of carbonyl (C=O) groups is 2. The highest BCUT2D eigenvalue weighted by Gasteiger charge is 2.29. The number of carbonyl (C=O) groups excluding carboxylic acids is 2. The summed E-state index contributed by atoms with van der Waals surface area (Å²) < 4.78 is 5.62. The van der Waals surface area contributed by atoms with Crippen molar-refractivity contribution in [2.45, 2.75) is 52.1 Å². The number of benzene rings is 1. The third-order valence-corrected chi connectivity index (χ3v) is 7.81. The fourth-order valence-corrected chi connectivity index (χ4v) is 5.87. The molecule has 9 heteroatoms. The minimum absolute atomic E-state index is 0.0546. The minimum Gasteiger partial charge on any atom is -0.507 e. The van der Waals surface area contributed by atoms with Crippen molar-refractivity contribution in [2.24, 2.45) is 0 Å². The fraction of sp³-hybridized carbons (Fsp3) is 0.400. The van der Waals surface area contributed by atoms with E-state index in [4.69, 9.17) is 4.74 Å². The molecule has 3 aromatic rings. The highest BCUT2D eigenvalue weighted by atomic mass is 32.1. The van der Waals surface area contributed by atoms with E-state index in [2.05, 4.69) is 20.8 Å². The summed E-state index contributed by atoms with van der Waals surface area (Å²) in [6.07, 6.45) is 4.79. The average Bonchev–Trinajstić information content (AvgIpc) is 3.59. The van der Waals surface area contributed by atoms with Gasteiger partial charge in [0.1, 0.15) is 16.4 Å². The van der Waals surface area contributed by atoms with Crippen LogP contribution in [0.25, 0.3) is 11.3 Å². The Morgan fingerprint density at radius 2 is 2.00 bits per heavy atom. The number of phenols is 1. The Kier molecular flexibility index (Phi) is 6.14. The van der Waals surface area contributed by atoms with Crippen LogP contribution in [0.2, 0.25) is 0 Å². The summed E-state index contributed by atoms with van der Waals surface area (Å²) in [6, 6.07) is 5.15. The van der Waals surface area contributed by atoms with Gasteiger partial charge in [0.15, 0.2) is 0 Å². The number of aromatic hydroxyl groups is 1. The Bertz CT molecular complexity index is 1260. The maximum Gasteiger partial charge on any atom is 0.274 e. The van der Waals surface area contributed by atoms with Crippen molar-refractivity contribution in [3.05, 3.63) is 51.0 Å². The second-order valence-corrected chi connectivity index (χ2v) is 10.1. The lowest BCUT2D eigenvalue weighted by Gasteiger charge is -2.12. The van der Waals surface area contributed by atoms with Crippen molar-refractivity contribution >= 4 is 28.2 Å². The van der Waals surface area contributed by atoms with Gasteiger partial charge >= 0.3 is 0 Å². The number of nitrogens with one attached hydrogen (secondary N) is 3. The Morgan fingerprint density at radius 1 is 1.18 bits per heavy atom. The maximum absolute atomic E-state index is 13.1. The van der Waals surface area contributed by atoms with Crippen LogP contribution in [-0.2, 0) is 17.6 Å². The molecule has 5 rings (SSSR count). The molecule has 8 nitrogen and oxygen atoms in total. The number of thiophene rings is 1. The van der Waals surface area contributed by atoms with Crippen LogP contribution in [0.5, 0.6) is 5.75 Å². The molecule has 2 aromatic heterocycles. The smallest absolute Gasteiger partial charge is 0.274 e. The first-order valence-electron chi connectivity index (χ1n) is 11.6. The average molecular weight is 481 g/mol. The lowest BCUT2D eigenvalue weighted by Crippen LogP contribution is -2.32. The van der Waals surface area contributed by atoms with Gasteiger partial charge in [-0.3, -0.25) is 14.7 Å². The van der Waals surface area contributed by atoms with Gasteiger partial charge in [0.2, 0.25) is 0 Å². The molecule has 1 aromatic carbocycles. The van der Waals surface area contributed by atoms with E-state index in [0.29, 0.717) is 28.4 Å². The van der Waals surface area contributed by atoms with Crippen LogP contribution in [0.1, 0.15) is 61.7 Å². The van der Waals surface area contributed by atoms with E-state index in [1.165, 1.54) is 11.3 Å². The largest absolute Gasteiger partial charge is 0.507 e. The number of aromatic nitrogens is 2. The van der Waals surface area contributed by atoms with Crippen LogP contribution in [0.4, 0.5) is 5.00 Å². The number of H-pyrrole nitrogens is 1. The zero-order chi connectivity index (χ0) is 23.8. The Hall–Kier alpha value is -3.17. The van der Waals surface area contributed by atoms with Gasteiger partial charge in [-0.25, -0.2) is 0 Å². The van der Waals surface area contributed by atoms with Crippen LogP contribution in [-0.4, -0.2) is 46.4 Å². The summed E-state index contributed by atoms with van der Waals surface area (Å²) in [5.41, 5.74) is 4.90. The molecule has 3 heterocycles. The first-order chi connectivity index (χ1) is 16.4. The maximum atomic E-state index is 13.1. The summed E-state index contributed by atoms with van der Waals surface area (Å²) in [7, 11) is 0. The molecule has 0 bridgehead atoms. The molecule has 1 atom stereocenters. The zero-order valence-corrected chi connectivity index (χ0v) is 20.1. The van der Waals surface area contributed by atoms with Gasteiger partial charge in [-0.2, -0.15) is 5.10 Å². The number of aryl methyl sites for hydroxylation is 3. The second-order valence-electron chi connectivity index (χ2n) is 8.98. The third-order valence-electron chi connectivity index (χ3n) is 6.60. The van der Waals surface area contributed by atoms with Crippen molar-refractivity contribution in [3.63, 3.8) is 0 Å². The molecule has 2 aliphatic rings. The molecule has 1 aliphatic carbocycles. The van der Waals surface area contributed by atoms with Crippen LogP contribution >= 0.6 is 11.3 Å². The lowest BCUT2D eigenvalue weighted by atomic mass is 10.0. The van der Waals surface area contributed by atoms with E-state index in [1.54, 1.807) is 12.1 Å². The number of ether oxygens (including phenoxy) is 1. The zero-order valence-electron chi connectivity index (χ0n) is 19.3. The standard InChI is InChI=1S/C25H28N4O4S/c1-13-9-17(20(30)10-14(13)2)18-11-19(29-28-18)23(31)27-25-22(16-6-3-7-21(16)34-25)24(32)26-12-15-5-4-8-33-15/h9-11,15,30H,3-8,12H2,1-2H3,(H,26,32)(H,27,31)(H,28,29). The summed E-state index contributed by atoms with van der Waals surface area (Å²) >= 11 is 1.47. The van der Waals surface area contributed by atoms with E-state index < -0.39 is 0 Å². The summed E-state index contributed by atoms with van der Waals surface area (Å²) in [4.78, 5) is 27.3. The van der Waals surface area contributed by atoms with E-state index in [1.807, 2.05) is 19.9 Å². The topological polar surface area (TPSA) is 116 Å². The van der Waals surface area contributed by atoms with E-state index >= 15 is 0 Å². The monoisotopic (exact) mass is 480 g/mol. The van der Waals surface area contributed by atoms with Gasteiger partial charge in [-0.15, -0.1) is 11.3 Å². The summed E-state index contributed by atoms with van der Waals surface area (Å²) in [5.74, 6) is -0.438. The molecule has 1 aliphatic heterocycles. The number of rotatable bonds is 6.